The summed E-state index contributed by atoms with van der Waals surface area (Å²) in [6.45, 7) is 10.5. The Morgan fingerprint density at radius 3 is 2.10 bits per heavy atom. The quantitative estimate of drug-likeness (QED) is 0.720. The molecule has 9 unspecified atom stereocenters. The van der Waals surface area contributed by atoms with Crippen LogP contribution in [-0.4, -0.2) is 71.9 Å². The van der Waals surface area contributed by atoms with Crippen LogP contribution in [0.3, 0.4) is 0 Å². The molecule has 2 aliphatic carbocycles. The second-order valence-corrected chi connectivity index (χ2v) is 11.0. The summed E-state index contributed by atoms with van der Waals surface area (Å²) in [5, 5.41) is 36.8. The lowest BCUT2D eigenvalue weighted by Gasteiger charge is -2.68. The van der Waals surface area contributed by atoms with Crippen molar-refractivity contribution >= 4 is 0 Å². The van der Waals surface area contributed by atoms with Gasteiger partial charge in [-0.3, -0.25) is 0 Å². The molecular formula is C23H42N3O3-3. The molecule has 170 valence electrons. The molecule has 1 heterocycles. The van der Waals surface area contributed by atoms with E-state index in [1.54, 1.807) is 7.05 Å². The number of aliphatic hydroxyl groups is 2. The maximum atomic E-state index is 11.6. The van der Waals surface area contributed by atoms with E-state index in [0.717, 1.165) is 25.7 Å². The Labute approximate surface area is 177 Å². The summed E-state index contributed by atoms with van der Waals surface area (Å²) in [5.41, 5.74) is -1.57. The van der Waals surface area contributed by atoms with Crippen molar-refractivity contribution in [3.8, 4) is 0 Å². The lowest BCUT2D eigenvalue weighted by Crippen LogP contribution is -2.66. The first-order valence-corrected chi connectivity index (χ1v) is 11.2. The van der Waals surface area contributed by atoms with E-state index in [1.807, 2.05) is 21.0 Å². The second-order valence-electron chi connectivity index (χ2n) is 11.0. The zero-order valence-corrected chi connectivity index (χ0v) is 19.6. The fraction of sp³-hybridized carbons (Fsp3) is 1.00. The van der Waals surface area contributed by atoms with Crippen molar-refractivity contribution in [2.24, 2.45) is 17.8 Å². The van der Waals surface area contributed by atoms with Crippen molar-refractivity contribution in [2.75, 3.05) is 21.1 Å². The highest BCUT2D eigenvalue weighted by molar-refractivity contribution is 5.23. The van der Waals surface area contributed by atoms with Crippen molar-refractivity contribution in [1.82, 2.24) is 0 Å². The monoisotopic (exact) mass is 408 g/mol. The fourth-order valence-corrected chi connectivity index (χ4v) is 6.62. The van der Waals surface area contributed by atoms with Gasteiger partial charge in [0, 0.05) is 18.1 Å². The maximum Gasteiger partial charge on any atom is 0.0715 e. The smallest absolute Gasteiger partial charge is 0.0715 e. The van der Waals surface area contributed by atoms with Crippen LogP contribution < -0.4 is 0 Å². The zero-order chi connectivity index (χ0) is 21.8. The molecule has 0 radical (unpaired) electrons. The Balaban J connectivity index is 1.99. The van der Waals surface area contributed by atoms with Crippen molar-refractivity contribution < 1.29 is 14.9 Å². The van der Waals surface area contributed by atoms with Gasteiger partial charge >= 0.3 is 0 Å². The van der Waals surface area contributed by atoms with Crippen LogP contribution in [0.5, 0.6) is 0 Å². The SMILES string of the molecule is C[N-]C(C)(C)C1CCC(C)(C2C(O)CC(C)([N-]C)C3CCC(C)([N-]C)C(O)C32)O1. The first-order valence-electron chi connectivity index (χ1n) is 11.2. The molecule has 0 spiro atoms. The van der Waals surface area contributed by atoms with Crippen LogP contribution in [0, 0.1) is 17.8 Å². The van der Waals surface area contributed by atoms with Crippen molar-refractivity contribution in [3.63, 3.8) is 0 Å². The highest BCUT2D eigenvalue weighted by Crippen LogP contribution is 2.59. The Kier molecular flexibility index (Phi) is 6.23. The van der Waals surface area contributed by atoms with E-state index in [-0.39, 0.29) is 34.9 Å². The summed E-state index contributed by atoms with van der Waals surface area (Å²) in [6.07, 6.45) is 3.06. The van der Waals surface area contributed by atoms with Gasteiger partial charge in [0.05, 0.1) is 11.7 Å². The number of nitrogens with zero attached hydrogens (tertiary/aromatic N) is 3. The topological polar surface area (TPSA) is 92.0 Å². The molecule has 3 rings (SSSR count). The van der Waals surface area contributed by atoms with Crippen LogP contribution in [0.25, 0.3) is 16.0 Å². The molecule has 0 aromatic rings. The molecule has 6 heteroatoms. The summed E-state index contributed by atoms with van der Waals surface area (Å²) >= 11 is 0. The van der Waals surface area contributed by atoms with Crippen molar-refractivity contribution in [2.45, 2.75) is 107 Å². The number of fused-ring (bicyclic) bond motifs is 1. The van der Waals surface area contributed by atoms with Crippen LogP contribution in [-0.2, 0) is 4.74 Å². The Morgan fingerprint density at radius 1 is 0.931 bits per heavy atom. The summed E-state index contributed by atoms with van der Waals surface area (Å²) in [4.78, 5) is 0. The van der Waals surface area contributed by atoms with Gasteiger partial charge in [-0.05, 0) is 38.0 Å². The van der Waals surface area contributed by atoms with E-state index < -0.39 is 23.3 Å². The molecule has 1 aliphatic heterocycles. The van der Waals surface area contributed by atoms with Gasteiger partial charge in [0.15, 0.2) is 0 Å². The fourth-order valence-electron chi connectivity index (χ4n) is 6.62. The summed E-state index contributed by atoms with van der Waals surface area (Å²) in [7, 11) is 5.50. The summed E-state index contributed by atoms with van der Waals surface area (Å²) < 4.78 is 6.69. The molecule has 9 atom stereocenters. The van der Waals surface area contributed by atoms with Gasteiger partial charge in [0.25, 0.3) is 0 Å². The normalized spacial score (nSPS) is 51.1. The lowest BCUT2D eigenvalue weighted by molar-refractivity contribution is -0.194. The van der Waals surface area contributed by atoms with Gasteiger partial charge in [0.1, 0.15) is 0 Å². The van der Waals surface area contributed by atoms with Gasteiger partial charge in [-0.25, -0.2) is 0 Å². The summed E-state index contributed by atoms with van der Waals surface area (Å²) in [5.74, 6) is -0.0224. The Morgan fingerprint density at radius 2 is 1.55 bits per heavy atom. The largest absolute Gasteiger partial charge is 0.659 e. The van der Waals surface area contributed by atoms with Crippen LogP contribution in [0.2, 0.25) is 0 Å². The lowest BCUT2D eigenvalue weighted by atomic mass is 9.50. The minimum Gasteiger partial charge on any atom is -0.659 e. The number of likely N-dealkylation sites (N-methyl/N-ethyl adjacent to an activating group) is 2. The molecule has 0 aromatic carbocycles. The molecule has 3 aliphatic rings. The maximum absolute atomic E-state index is 11.6. The van der Waals surface area contributed by atoms with Gasteiger partial charge < -0.3 is 30.9 Å². The Bertz CT molecular complexity index is 602. The number of ether oxygens (including phenoxy) is 1. The number of aliphatic hydroxyl groups excluding tert-OH is 2. The highest BCUT2D eigenvalue weighted by atomic mass is 16.5. The molecule has 2 saturated carbocycles. The van der Waals surface area contributed by atoms with Gasteiger partial charge in [-0.1, -0.05) is 46.1 Å². The van der Waals surface area contributed by atoms with Crippen molar-refractivity contribution in [1.29, 1.82) is 0 Å². The van der Waals surface area contributed by atoms with Gasteiger partial charge in [-0.15, -0.1) is 11.1 Å². The summed E-state index contributed by atoms with van der Waals surface area (Å²) in [6, 6.07) is 0. The molecular weight excluding hydrogens is 366 g/mol. The van der Waals surface area contributed by atoms with Crippen LogP contribution in [0.1, 0.15) is 66.7 Å². The van der Waals surface area contributed by atoms with E-state index in [0.29, 0.717) is 6.42 Å². The van der Waals surface area contributed by atoms with Crippen molar-refractivity contribution in [3.05, 3.63) is 16.0 Å². The average Bonchev–Trinajstić information content (AvgIpc) is 3.08. The van der Waals surface area contributed by atoms with E-state index in [1.165, 1.54) is 0 Å². The first-order chi connectivity index (χ1) is 13.4. The molecule has 1 saturated heterocycles. The third-order valence-corrected chi connectivity index (χ3v) is 9.08. The van der Waals surface area contributed by atoms with E-state index in [9.17, 15) is 10.2 Å². The third kappa shape index (κ3) is 3.68. The molecule has 0 amide bonds. The zero-order valence-electron chi connectivity index (χ0n) is 19.6. The van der Waals surface area contributed by atoms with E-state index in [4.69, 9.17) is 10.1 Å². The second kappa shape index (κ2) is 7.72. The van der Waals surface area contributed by atoms with E-state index >= 15 is 0 Å². The molecule has 2 N–H and O–H groups in total. The molecule has 29 heavy (non-hydrogen) atoms. The number of rotatable bonds is 5. The molecule has 0 bridgehead atoms. The first kappa shape index (κ1) is 23.4. The number of hydrogen-bond acceptors (Lipinski definition) is 3. The molecule has 6 nitrogen and oxygen atoms in total. The third-order valence-electron chi connectivity index (χ3n) is 9.08. The van der Waals surface area contributed by atoms with Gasteiger partial charge in [0.2, 0.25) is 0 Å². The minimum absolute atomic E-state index is 0.0234. The molecule has 3 fully saturated rings. The standard InChI is InChI=1S/C23H42N3O3/c1-20(2,24-6)16-10-12-23(5,29-16)18-15(27)13-22(4,26-8)14-9-11-21(3,25-7)19(28)17(14)18/h14-19,27-28H,9-13H2,1-8H3/q-3. The van der Waals surface area contributed by atoms with Crippen LogP contribution >= 0.6 is 0 Å². The Hall–Kier alpha value is -0.240. The van der Waals surface area contributed by atoms with Gasteiger partial charge in [-0.2, -0.15) is 21.1 Å². The average molecular weight is 409 g/mol. The predicted octanol–water partition coefficient (Wildman–Crippen LogP) is 4.00. The van der Waals surface area contributed by atoms with Crippen LogP contribution in [0.15, 0.2) is 0 Å². The predicted molar refractivity (Wildman–Crippen MR) is 118 cm³/mol. The minimum atomic E-state index is -0.615. The van der Waals surface area contributed by atoms with E-state index in [2.05, 4.69) is 38.3 Å². The number of hydrogen-bond donors (Lipinski definition) is 2. The highest BCUT2D eigenvalue weighted by Gasteiger charge is 2.59. The molecule has 0 aromatic heterocycles. The van der Waals surface area contributed by atoms with Crippen LogP contribution in [0.4, 0.5) is 0 Å².